The second kappa shape index (κ2) is 3.63. The molecule has 0 spiro atoms. The molecule has 2 heterocycles. The summed E-state index contributed by atoms with van der Waals surface area (Å²) in [5.74, 6) is 0. The lowest BCUT2D eigenvalue weighted by molar-refractivity contribution is 0.603. The molecule has 80 valence electrons. The Balaban J connectivity index is 2.28. The van der Waals surface area contributed by atoms with Crippen molar-refractivity contribution in [2.75, 3.05) is 4.72 Å². The molecule has 8 heteroatoms. The number of hydrogen-bond donors (Lipinski definition) is 2. The molecule has 0 saturated carbocycles. The first-order valence-corrected chi connectivity index (χ1v) is 6.32. The van der Waals surface area contributed by atoms with Gasteiger partial charge in [-0.1, -0.05) is 0 Å². The Hall–Kier alpha value is -1.41. The van der Waals surface area contributed by atoms with Gasteiger partial charge in [0.25, 0.3) is 10.0 Å². The molecular weight excluding hydrogens is 236 g/mol. The number of thiazole rings is 1. The van der Waals surface area contributed by atoms with Crippen molar-refractivity contribution in [3.8, 4) is 0 Å². The number of hydrogen-bond acceptors (Lipinski definition) is 5. The lowest BCUT2D eigenvalue weighted by Crippen LogP contribution is -2.10. The van der Waals surface area contributed by atoms with E-state index in [1.54, 1.807) is 6.92 Å². The largest absolute Gasteiger partial charge is 0.284 e. The van der Waals surface area contributed by atoms with Gasteiger partial charge >= 0.3 is 0 Å². The average Bonchev–Trinajstić information content (AvgIpc) is 2.75. The number of aryl methyl sites for hydroxylation is 1. The minimum absolute atomic E-state index is 0.196. The third-order valence-corrected chi connectivity index (χ3v) is 4.37. The van der Waals surface area contributed by atoms with Crippen molar-refractivity contribution < 1.29 is 8.42 Å². The Kier molecular flexibility index (Phi) is 2.45. The standard InChI is InChI=1S/C7H8N4O2S2/c1-5-8-4-7(14-5)15(12,13)11-6-2-9-10-3-6/h2-4,11H,1H3,(H,9,10). The maximum atomic E-state index is 11.7. The molecule has 0 bridgehead atoms. The van der Waals surface area contributed by atoms with E-state index in [4.69, 9.17) is 0 Å². The number of nitrogens with zero attached hydrogens (tertiary/aromatic N) is 2. The smallest absolute Gasteiger partial charge is 0.273 e. The maximum Gasteiger partial charge on any atom is 0.273 e. The molecule has 0 radical (unpaired) electrons. The molecule has 0 fully saturated rings. The van der Waals surface area contributed by atoms with Crippen molar-refractivity contribution in [3.05, 3.63) is 23.6 Å². The highest BCUT2D eigenvalue weighted by Gasteiger charge is 2.17. The zero-order valence-electron chi connectivity index (χ0n) is 7.76. The summed E-state index contributed by atoms with van der Waals surface area (Å²) < 4.78 is 26.0. The molecule has 2 aromatic rings. The molecule has 15 heavy (non-hydrogen) atoms. The second-order valence-corrected chi connectivity index (χ2v) is 5.93. The Labute approximate surface area is 90.4 Å². The maximum absolute atomic E-state index is 11.7. The Bertz CT molecular complexity index is 543. The highest BCUT2D eigenvalue weighted by atomic mass is 32.2. The lowest BCUT2D eigenvalue weighted by atomic mass is 10.6. The molecule has 2 rings (SSSR count). The van der Waals surface area contributed by atoms with Gasteiger partial charge in [0, 0.05) is 6.20 Å². The van der Waals surface area contributed by atoms with Gasteiger partial charge in [0.2, 0.25) is 0 Å². The van der Waals surface area contributed by atoms with Crippen LogP contribution in [-0.4, -0.2) is 23.6 Å². The van der Waals surface area contributed by atoms with E-state index in [2.05, 4.69) is 19.9 Å². The predicted octanol–water partition coefficient (Wildman–Crippen LogP) is 0.975. The zero-order chi connectivity index (χ0) is 10.9. The van der Waals surface area contributed by atoms with Crippen LogP contribution in [0.2, 0.25) is 0 Å². The van der Waals surface area contributed by atoms with E-state index in [0.717, 1.165) is 11.3 Å². The fourth-order valence-electron chi connectivity index (χ4n) is 0.978. The Morgan fingerprint density at radius 1 is 1.47 bits per heavy atom. The number of rotatable bonds is 3. The number of nitrogens with one attached hydrogen (secondary N) is 2. The van der Waals surface area contributed by atoms with E-state index in [0.29, 0.717) is 10.7 Å². The third kappa shape index (κ3) is 2.16. The van der Waals surface area contributed by atoms with Gasteiger partial charge in [-0.25, -0.2) is 13.4 Å². The highest BCUT2D eigenvalue weighted by Crippen LogP contribution is 2.20. The molecule has 0 aliphatic carbocycles. The summed E-state index contributed by atoms with van der Waals surface area (Å²) in [6.07, 6.45) is 4.19. The van der Waals surface area contributed by atoms with E-state index in [1.807, 2.05) is 0 Å². The monoisotopic (exact) mass is 244 g/mol. The molecule has 2 N–H and O–H groups in total. The minimum Gasteiger partial charge on any atom is -0.284 e. The topological polar surface area (TPSA) is 87.7 Å². The summed E-state index contributed by atoms with van der Waals surface area (Å²) in [5, 5.41) is 6.87. The normalized spacial score (nSPS) is 11.5. The van der Waals surface area contributed by atoms with Crippen LogP contribution in [0.4, 0.5) is 5.69 Å². The number of aromatic nitrogens is 3. The molecule has 0 amide bonds. The van der Waals surface area contributed by atoms with Crippen molar-refractivity contribution in [3.63, 3.8) is 0 Å². The molecule has 0 unspecified atom stereocenters. The van der Waals surface area contributed by atoms with Crippen molar-refractivity contribution >= 4 is 27.0 Å². The fraction of sp³-hybridized carbons (Fsp3) is 0.143. The molecule has 0 saturated heterocycles. The van der Waals surface area contributed by atoms with Gasteiger partial charge in [-0.15, -0.1) is 11.3 Å². The quantitative estimate of drug-likeness (QED) is 0.842. The van der Waals surface area contributed by atoms with Gasteiger partial charge in [0.05, 0.1) is 23.1 Å². The second-order valence-electron chi connectivity index (χ2n) is 2.79. The zero-order valence-corrected chi connectivity index (χ0v) is 9.39. The summed E-state index contributed by atoms with van der Waals surface area (Å²) in [7, 11) is -3.52. The molecule has 6 nitrogen and oxygen atoms in total. The molecule has 2 aromatic heterocycles. The van der Waals surface area contributed by atoms with Crippen LogP contribution >= 0.6 is 11.3 Å². The van der Waals surface area contributed by atoms with E-state index in [9.17, 15) is 8.42 Å². The lowest BCUT2D eigenvalue weighted by Gasteiger charge is -2.01. The number of anilines is 1. The Morgan fingerprint density at radius 3 is 2.80 bits per heavy atom. The first-order valence-electron chi connectivity index (χ1n) is 4.02. The molecule has 0 aliphatic heterocycles. The van der Waals surface area contributed by atoms with Crippen molar-refractivity contribution in [1.29, 1.82) is 0 Å². The van der Waals surface area contributed by atoms with Crippen LogP contribution < -0.4 is 4.72 Å². The summed E-state index contributed by atoms with van der Waals surface area (Å²) in [6.45, 7) is 1.75. The number of sulfonamides is 1. The fourth-order valence-corrected chi connectivity index (χ4v) is 3.12. The SMILES string of the molecule is Cc1ncc(S(=O)(=O)Nc2cn[nH]c2)s1. The average molecular weight is 244 g/mol. The van der Waals surface area contributed by atoms with Crippen molar-refractivity contribution in [2.24, 2.45) is 0 Å². The van der Waals surface area contributed by atoms with Crippen LogP contribution in [0.15, 0.2) is 22.8 Å². The summed E-state index contributed by atoms with van der Waals surface area (Å²) in [6, 6.07) is 0. The van der Waals surface area contributed by atoms with Gasteiger partial charge in [-0.05, 0) is 6.92 Å². The van der Waals surface area contributed by atoms with Crippen LogP contribution in [0.3, 0.4) is 0 Å². The van der Waals surface area contributed by atoms with E-state index in [1.165, 1.54) is 18.6 Å². The predicted molar refractivity (Wildman–Crippen MR) is 56.2 cm³/mol. The molecule has 0 aromatic carbocycles. The van der Waals surface area contributed by atoms with Crippen LogP contribution in [0, 0.1) is 6.92 Å². The van der Waals surface area contributed by atoms with Gasteiger partial charge in [0.15, 0.2) is 4.21 Å². The Morgan fingerprint density at radius 2 is 2.27 bits per heavy atom. The van der Waals surface area contributed by atoms with Gasteiger partial charge in [0.1, 0.15) is 0 Å². The van der Waals surface area contributed by atoms with Gasteiger partial charge < -0.3 is 0 Å². The third-order valence-electron chi connectivity index (χ3n) is 1.62. The highest BCUT2D eigenvalue weighted by molar-refractivity contribution is 7.94. The van der Waals surface area contributed by atoms with Gasteiger partial charge in [-0.3, -0.25) is 9.82 Å². The van der Waals surface area contributed by atoms with Crippen LogP contribution in [0.1, 0.15) is 5.01 Å². The van der Waals surface area contributed by atoms with E-state index in [-0.39, 0.29) is 4.21 Å². The van der Waals surface area contributed by atoms with E-state index >= 15 is 0 Å². The van der Waals surface area contributed by atoms with Crippen molar-refractivity contribution in [2.45, 2.75) is 11.1 Å². The molecular formula is C7H8N4O2S2. The summed E-state index contributed by atoms with van der Waals surface area (Å²) >= 11 is 1.12. The number of aromatic amines is 1. The molecule has 0 atom stereocenters. The van der Waals surface area contributed by atoms with Crippen LogP contribution in [-0.2, 0) is 10.0 Å². The van der Waals surface area contributed by atoms with Crippen LogP contribution in [0.5, 0.6) is 0 Å². The van der Waals surface area contributed by atoms with Crippen molar-refractivity contribution in [1.82, 2.24) is 15.2 Å². The van der Waals surface area contributed by atoms with Crippen LogP contribution in [0.25, 0.3) is 0 Å². The minimum atomic E-state index is -3.52. The summed E-state index contributed by atoms with van der Waals surface area (Å²) in [5.41, 5.74) is 0.404. The summed E-state index contributed by atoms with van der Waals surface area (Å²) in [4.78, 5) is 3.89. The first-order chi connectivity index (χ1) is 7.08. The van der Waals surface area contributed by atoms with Gasteiger partial charge in [-0.2, -0.15) is 5.10 Å². The number of H-pyrrole nitrogens is 1. The van der Waals surface area contributed by atoms with E-state index < -0.39 is 10.0 Å². The molecule has 0 aliphatic rings. The first kappa shape index (κ1) is 10.1.